The number of rotatable bonds is 3. The summed E-state index contributed by atoms with van der Waals surface area (Å²) in [5, 5.41) is 2.82. The van der Waals surface area contributed by atoms with Crippen LogP contribution < -0.4 is 5.32 Å². The molecule has 24 heavy (non-hydrogen) atoms. The number of carbonyl (C=O) groups is 2. The Morgan fingerprint density at radius 2 is 2.12 bits per heavy atom. The topological polar surface area (TPSA) is 74.8 Å². The Bertz CT molecular complexity index is 584. The number of amides is 2. The predicted octanol–water partition coefficient (Wildman–Crippen LogP) is 0.264. The van der Waals surface area contributed by atoms with E-state index in [9.17, 15) is 9.59 Å². The van der Waals surface area contributed by atoms with Gasteiger partial charge in [-0.1, -0.05) is 6.07 Å². The standard InChI is InChI=1S/C17H24N4O3/c1-13-16(22)18-5-2-6-21(13)17(23)15-4-3-14(11-19-15)12-20-7-9-24-10-8-20/h3-4,11,13H,2,5-10,12H2,1H3,(H,18,22)/t13-/m0/s1. The number of hydrogen-bond donors (Lipinski definition) is 1. The Kier molecular flexibility index (Phi) is 5.42. The molecule has 0 spiro atoms. The average molecular weight is 332 g/mol. The largest absolute Gasteiger partial charge is 0.379 e. The zero-order valence-electron chi connectivity index (χ0n) is 14.0. The van der Waals surface area contributed by atoms with E-state index in [-0.39, 0.29) is 11.8 Å². The van der Waals surface area contributed by atoms with Gasteiger partial charge in [0, 0.05) is 38.9 Å². The van der Waals surface area contributed by atoms with Crippen molar-refractivity contribution in [1.82, 2.24) is 20.1 Å². The monoisotopic (exact) mass is 332 g/mol. The molecule has 1 aromatic heterocycles. The van der Waals surface area contributed by atoms with Gasteiger partial charge in [0.05, 0.1) is 13.2 Å². The first-order valence-corrected chi connectivity index (χ1v) is 8.49. The molecule has 2 aliphatic heterocycles. The second-order valence-corrected chi connectivity index (χ2v) is 6.26. The number of pyridine rings is 1. The number of carbonyl (C=O) groups excluding carboxylic acids is 2. The molecule has 0 saturated carbocycles. The van der Waals surface area contributed by atoms with Crippen molar-refractivity contribution in [3.63, 3.8) is 0 Å². The summed E-state index contributed by atoms with van der Waals surface area (Å²) < 4.78 is 5.34. The minimum absolute atomic E-state index is 0.107. The molecule has 7 nitrogen and oxygen atoms in total. The normalized spacial score (nSPS) is 22.8. The van der Waals surface area contributed by atoms with Crippen molar-refractivity contribution in [1.29, 1.82) is 0 Å². The molecule has 3 rings (SSSR count). The van der Waals surface area contributed by atoms with Crippen molar-refractivity contribution in [3.8, 4) is 0 Å². The van der Waals surface area contributed by atoms with Crippen LogP contribution >= 0.6 is 0 Å². The molecule has 2 fully saturated rings. The first-order chi connectivity index (χ1) is 11.6. The summed E-state index contributed by atoms with van der Waals surface area (Å²) in [5.74, 6) is -0.290. The van der Waals surface area contributed by atoms with E-state index >= 15 is 0 Å². The minimum atomic E-state index is -0.463. The number of hydrogen-bond acceptors (Lipinski definition) is 5. The zero-order chi connectivity index (χ0) is 16.9. The molecule has 0 radical (unpaired) electrons. The van der Waals surface area contributed by atoms with Gasteiger partial charge in [0.15, 0.2) is 0 Å². The summed E-state index contributed by atoms with van der Waals surface area (Å²) >= 11 is 0. The lowest BCUT2D eigenvalue weighted by Gasteiger charge is -2.27. The summed E-state index contributed by atoms with van der Waals surface area (Å²) in [7, 11) is 0. The van der Waals surface area contributed by atoms with Crippen LogP contribution in [0.4, 0.5) is 0 Å². The highest BCUT2D eigenvalue weighted by molar-refractivity contribution is 5.96. The highest BCUT2D eigenvalue weighted by Gasteiger charge is 2.29. The lowest BCUT2D eigenvalue weighted by atomic mass is 10.2. The van der Waals surface area contributed by atoms with E-state index in [0.29, 0.717) is 18.8 Å². The Hall–Kier alpha value is -1.99. The highest BCUT2D eigenvalue weighted by Crippen LogP contribution is 2.12. The molecule has 0 bridgehead atoms. The van der Waals surface area contributed by atoms with Crippen molar-refractivity contribution < 1.29 is 14.3 Å². The molecule has 1 atom stereocenters. The van der Waals surface area contributed by atoms with Gasteiger partial charge in [-0.2, -0.15) is 0 Å². The molecule has 1 aromatic rings. The number of nitrogens with one attached hydrogen (secondary N) is 1. The van der Waals surface area contributed by atoms with Gasteiger partial charge in [0.2, 0.25) is 5.91 Å². The zero-order valence-corrected chi connectivity index (χ0v) is 14.0. The van der Waals surface area contributed by atoms with Gasteiger partial charge < -0.3 is 15.0 Å². The smallest absolute Gasteiger partial charge is 0.273 e. The van der Waals surface area contributed by atoms with E-state index < -0.39 is 6.04 Å². The van der Waals surface area contributed by atoms with Crippen molar-refractivity contribution in [3.05, 3.63) is 29.6 Å². The quantitative estimate of drug-likeness (QED) is 0.860. The Balaban J connectivity index is 1.65. The summed E-state index contributed by atoms with van der Waals surface area (Å²) in [6.07, 6.45) is 2.52. The van der Waals surface area contributed by atoms with Crippen LogP contribution in [0.25, 0.3) is 0 Å². The van der Waals surface area contributed by atoms with E-state index in [1.807, 2.05) is 6.07 Å². The highest BCUT2D eigenvalue weighted by atomic mass is 16.5. The summed E-state index contributed by atoms with van der Waals surface area (Å²) in [6.45, 7) is 7.10. The predicted molar refractivity (Wildman–Crippen MR) is 88.5 cm³/mol. The molecule has 1 N–H and O–H groups in total. The second kappa shape index (κ2) is 7.72. The third kappa shape index (κ3) is 3.91. The lowest BCUT2D eigenvalue weighted by Crippen LogP contribution is -2.45. The number of aromatic nitrogens is 1. The van der Waals surface area contributed by atoms with Gasteiger partial charge >= 0.3 is 0 Å². The third-order valence-corrected chi connectivity index (χ3v) is 4.54. The Morgan fingerprint density at radius 1 is 1.33 bits per heavy atom. The van der Waals surface area contributed by atoms with Gasteiger partial charge in [0.25, 0.3) is 5.91 Å². The number of morpholine rings is 1. The molecule has 3 heterocycles. The molecular weight excluding hydrogens is 308 g/mol. The summed E-state index contributed by atoms with van der Waals surface area (Å²) in [6, 6.07) is 3.24. The maximum Gasteiger partial charge on any atom is 0.273 e. The Morgan fingerprint density at radius 3 is 2.83 bits per heavy atom. The summed E-state index contributed by atoms with van der Waals surface area (Å²) in [5.41, 5.74) is 1.47. The van der Waals surface area contributed by atoms with Gasteiger partial charge in [-0.05, 0) is 25.0 Å². The molecule has 0 aromatic carbocycles. The number of nitrogens with zero attached hydrogens (tertiary/aromatic N) is 3. The van der Waals surface area contributed by atoms with Crippen LogP contribution in [0.1, 0.15) is 29.4 Å². The lowest BCUT2D eigenvalue weighted by molar-refractivity contribution is -0.124. The third-order valence-electron chi connectivity index (χ3n) is 4.54. The second-order valence-electron chi connectivity index (χ2n) is 6.26. The van der Waals surface area contributed by atoms with Gasteiger partial charge in [-0.25, -0.2) is 0 Å². The number of ether oxygens (including phenoxy) is 1. The molecular formula is C17H24N4O3. The molecule has 7 heteroatoms. The van der Waals surface area contributed by atoms with E-state index in [0.717, 1.165) is 44.8 Å². The molecule has 0 unspecified atom stereocenters. The van der Waals surface area contributed by atoms with Crippen LogP contribution in [0.5, 0.6) is 0 Å². The molecule has 2 amide bonds. The average Bonchev–Trinajstić information content (AvgIpc) is 2.78. The van der Waals surface area contributed by atoms with Crippen LogP contribution in [0.15, 0.2) is 18.3 Å². The van der Waals surface area contributed by atoms with E-state index in [2.05, 4.69) is 15.2 Å². The minimum Gasteiger partial charge on any atom is -0.379 e. The van der Waals surface area contributed by atoms with Crippen molar-refractivity contribution in [2.24, 2.45) is 0 Å². The van der Waals surface area contributed by atoms with Crippen molar-refractivity contribution >= 4 is 11.8 Å². The van der Waals surface area contributed by atoms with Crippen LogP contribution in [-0.4, -0.2) is 72.0 Å². The van der Waals surface area contributed by atoms with Crippen molar-refractivity contribution in [2.75, 3.05) is 39.4 Å². The van der Waals surface area contributed by atoms with Crippen LogP contribution in [0.2, 0.25) is 0 Å². The maximum absolute atomic E-state index is 12.7. The van der Waals surface area contributed by atoms with Crippen LogP contribution in [0.3, 0.4) is 0 Å². The van der Waals surface area contributed by atoms with Crippen LogP contribution in [-0.2, 0) is 16.1 Å². The summed E-state index contributed by atoms with van der Waals surface area (Å²) in [4.78, 5) is 32.8. The van der Waals surface area contributed by atoms with Gasteiger partial charge in [-0.3, -0.25) is 19.5 Å². The van der Waals surface area contributed by atoms with E-state index in [4.69, 9.17) is 4.74 Å². The first-order valence-electron chi connectivity index (χ1n) is 8.49. The fourth-order valence-electron chi connectivity index (χ4n) is 3.03. The van der Waals surface area contributed by atoms with Crippen molar-refractivity contribution in [2.45, 2.75) is 25.9 Å². The van der Waals surface area contributed by atoms with Crippen LogP contribution in [0, 0.1) is 0 Å². The fraction of sp³-hybridized carbons (Fsp3) is 0.588. The van der Waals surface area contributed by atoms with E-state index in [1.54, 1.807) is 24.1 Å². The van der Waals surface area contributed by atoms with Gasteiger partial charge in [0.1, 0.15) is 11.7 Å². The maximum atomic E-state index is 12.7. The molecule has 0 aliphatic carbocycles. The Labute approximate surface area is 142 Å². The SMILES string of the molecule is C[C@H]1C(=O)NCCCN1C(=O)c1ccc(CN2CCOCC2)cn1. The fourth-order valence-corrected chi connectivity index (χ4v) is 3.03. The molecule has 2 saturated heterocycles. The van der Waals surface area contributed by atoms with Gasteiger partial charge in [-0.15, -0.1) is 0 Å². The first kappa shape index (κ1) is 16.9. The molecule has 130 valence electrons. The van der Waals surface area contributed by atoms with E-state index in [1.165, 1.54) is 0 Å². The molecule has 2 aliphatic rings.